The zero-order valence-electron chi connectivity index (χ0n) is 31.9. The molecule has 15 rings (SSSR count). The molecule has 4 heteroatoms. The monoisotopic (exact) mass is 745 g/mol. The molecule has 1 unspecified atom stereocenters. The normalized spacial score (nSPS) is 15.2. The number of nitrogens with zero attached hydrogens (tertiary/aromatic N) is 3. The molecule has 0 bridgehead atoms. The lowest BCUT2D eigenvalue weighted by Crippen LogP contribution is -2.61. The van der Waals surface area contributed by atoms with E-state index in [0.29, 0.717) is 0 Å². The predicted molar refractivity (Wildman–Crippen MR) is 247 cm³/mol. The van der Waals surface area contributed by atoms with E-state index in [0.717, 1.165) is 0 Å². The van der Waals surface area contributed by atoms with E-state index < -0.39 is 0 Å². The molecular formula is C55H32BN3. The van der Waals surface area contributed by atoms with Crippen LogP contribution >= 0.6 is 0 Å². The summed E-state index contributed by atoms with van der Waals surface area (Å²) in [4.78, 5) is 5.18. The standard InChI is InChI=1S/C55H32BN3/c1-3-15-32(16-4-1)57-45-27-14-28-46-52(45)56(53-47(57)31-41-35-20-9-11-25-43(35)59-44-26-12-10-22-40(44)51(53)54(41)59)42-30-29-39-38-24-13-23-36-34-19-7-8-21-37(34)49(48(36)38)50(39)55(42)58(46)33-17-5-2-6-18-33/h1-31,49H. The molecule has 0 amide bonds. The summed E-state index contributed by atoms with van der Waals surface area (Å²) in [7, 11) is 0. The Balaban J connectivity index is 1.15. The molecular weight excluding hydrogens is 713 g/mol. The number of anilines is 6. The number of aromatic nitrogens is 1. The van der Waals surface area contributed by atoms with Crippen LogP contribution in [0.1, 0.15) is 22.6 Å². The smallest absolute Gasteiger partial charge is 0.253 e. The Morgan fingerprint density at radius 3 is 1.80 bits per heavy atom. The number of fused-ring (bicyclic) bond motifs is 18. The van der Waals surface area contributed by atoms with Gasteiger partial charge in [-0.15, -0.1) is 0 Å². The summed E-state index contributed by atoms with van der Waals surface area (Å²) < 4.78 is 2.54. The molecule has 270 valence electrons. The summed E-state index contributed by atoms with van der Waals surface area (Å²) in [5.41, 5.74) is 25.1. The summed E-state index contributed by atoms with van der Waals surface area (Å²) in [6, 6.07) is 70.8. The molecule has 11 aromatic rings. The van der Waals surface area contributed by atoms with E-state index in [1.54, 1.807) is 0 Å². The van der Waals surface area contributed by atoms with Crippen LogP contribution in [0.3, 0.4) is 0 Å². The number of benzene rings is 9. The van der Waals surface area contributed by atoms with E-state index in [9.17, 15) is 0 Å². The Hall–Kier alpha value is -7.56. The van der Waals surface area contributed by atoms with Crippen LogP contribution in [-0.2, 0) is 0 Å². The van der Waals surface area contributed by atoms with Crippen molar-refractivity contribution >= 4 is 95.3 Å². The second kappa shape index (κ2) is 10.7. The van der Waals surface area contributed by atoms with Gasteiger partial charge < -0.3 is 14.2 Å². The molecule has 0 saturated carbocycles. The highest BCUT2D eigenvalue weighted by molar-refractivity contribution is 7.02. The average Bonchev–Trinajstić information content (AvgIpc) is 4.03. The molecule has 0 N–H and O–H groups in total. The molecule has 0 radical (unpaired) electrons. The van der Waals surface area contributed by atoms with Gasteiger partial charge in [0.05, 0.1) is 16.6 Å². The van der Waals surface area contributed by atoms with E-state index in [1.165, 1.54) is 128 Å². The van der Waals surface area contributed by atoms with E-state index in [4.69, 9.17) is 0 Å². The van der Waals surface area contributed by atoms with Crippen LogP contribution in [0.15, 0.2) is 188 Å². The third-order valence-corrected chi connectivity index (χ3v) is 14.1. The van der Waals surface area contributed by atoms with Gasteiger partial charge in [-0.25, -0.2) is 0 Å². The quantitative estimate of drug-likeness (QED) is 0.163. The first-order valence-electron chi connectivity index (χ1n) is 20.8. The predicted octanol–water partition coefficient (Wildman–Crippen LogP) is 12.1. The average molecular weight is 746 g/mol. The third kappa shape index (κ3) is 3.56. The number of para-hydroxylation sites is 4. The highest BCUT2D eigenvalue weighted by Gasteiger charge is 2.49. The van der Waals surface area contributed by atoms with Crippen molar-refractivity contribution in [2.45, 2.75) is 5.92 Å². The second-order valence-electron chi connectivity index (χ2n) is 16.7. The lowest BCUT2D eigenvalue weighted by molar-refractivity contribution is 1.05. The maximum atomic E-state index is 2.62. The first-order valence-corrected chi connectivity index (χ1v) is 20.8. The van der Waals surface area contributed by atoms with Crippen LogP contribution in [0, 0.1) is 0 Å². The molecule has 1 atom stereocenters. The van der Waals surface area contributed by atoms with Gasteiger partial charge in [-0.3, -0.25) is 0 Å². The SMILES string of the molecule is c1ccc(N2c3cccc4c3B(c3ccc5c(c3N4c3ccccc3)C3c4ccccc4-c4cccc-5c43)c3c2cc2c4ccccc4n4c5ccccc5c3c24)cc1. The maximum absolute atomic E-state index is 2.62. The molecule has 59 heavy (non-hydrogen) atoms. The van der Waals surface area contributed by atoms with E-state index in [-0.39, 0.29) is 12.6 Å². The van der Waals surface area contributed by atoms with Crippen LogP contribution in [0.2, 0.25) is 0 Å². The lowest BCUT2D eigenvalue weighted by Gasteiger charge is -2.45. The van der Waals surface area contributed by atoms with Gasteiger partial charge >= 0.3 is 0 Å². The van der Waals surface area contributed by atoms with E-state index in [2.05, 4.69) is 202 Å². The molecule has 0 spiro atoms. The first-order chi connectivity index (χ1) is 29.3. The Labute approximate surface area is 341 Å². The van der Waals surface area contributed by atoms with Crippen molar-refractivity contribution in [3.63, 3.8) is 0 Å². The van der Waals surface area contributed by atoms with Gasteiger partial charge in [-0.1, -0.05) is 133 Å². The number of hydrogen-bond acceptors (Lipinski definition) is 2. The summed E-state index contributed by atoms with van der Waals surface area (Å²) >= 11 is 0. The zero-order chi connectivity index (χ0) is 38.1. The Bertz CT molecular complexity index is 3640. The molecule has 0 saturated heterocycles. The Kier molecular flexibility index (Phi) is 5.53. The molecule has 9 aromatic carbocycles. The molecule has 3 nitrogen and oxygen atoms in total. The third-order valence-electron chi connectivity index (χ3n) is 14.1. The van der Waals surface area contributed by atoms with E-state index in [1.807, 2.05) is 0 Å². The Morgan fingerprint density at radius 1 is 0.407 bits per heavy atom. The summed E-state index contributed by atoms with van der Waals surface area (Å²) in [5.74, 6) is 0.156. The van der Waals surface area contributed by atoms with Crippen molar-refractivity contribution in [3.8, 4) is 22.3 Å². The molecule has 4 aliphatic rings. The van der Waals surface area contributed by atoms with Crippen LogP contribution in [-0.4, -0.2) is 11.1 Å². The summed E-state index contributed by atoms with van der Waals surface area (Å²) in [5, 5.41) is 5.25. The molecule has 2 aliphatic carbocycles. The lowest BCUT2D eigenvalue weighted by atomic mass is 9.32. The van der Waals surface area contributed by atoms with Crippen molar-refractivity contribution in [3.05, 3.63) is 205 Å². The number of rotatable bonds is 2. The van der Waals surface area contributed by atoms with Gasteiger partial charge in [0.1, 0.15) is 0 Å². The minimum atomic E-state index is -0.0201. The van der Waals surface area contributed by atoms with Gasteiger partial charge in [0.2, 0.25) is 0 Å². The Morgan fingerprint density at radius 2 is 1.00 bits per heavy atom. The second-order valence-corrected chi connectivity index (χ2v) is 16.7. The van der Waals surface area contributed by atoms with Gasteiger partial charge in [-0.05, 0) is 110 Å². The summed E-state index contributed by atoms with van der Waals surface area (Å²) in [6.45, 7) is -0.0201. The minimum Gasteiger partial charge on any atom is -0.311 e. The number of hydrogen-bond donors (Lipinski definition) is 0. The topological polar surface area (TPSA) is 10.9 Å². The molecule has 2 aliphatic heterocycles. The van der Waals surface area contributed by atoms with Gasteiger partial charge in [0.25, 0.3) is 6.71 Å². The van der Waals surface area contributed by atoms with Crippen LogP contribution in [0.25, 0.3) is 60.3 Å². The highest BCUT2D eigenvalue weighted by atomic mass is 15.2. The van der Waals surface area contributed by atoms with Crippen molar-refractivity contribution < 1.29 is 0 Å². The van der Waals surface area contributed by atoms with Gasteiger partial charge in [-0.2, -0.15) is 0 Å². The fourth-order valence-electron chi connectivity index (χ4n) is 12.1. The maximum Gasteiger partial charge on any atom is 0.253 e. The van der Waals surface area contributed by atoms with Gasteiger partial charge in [0, 0.05) is 61.6 Å². The zero-order valence-corrected chi connectivity index (χ0v) is 31.9. The fourth-order valence-corrected chi connectivity index (χ4v) is 12.1. The van der Waals surface area contributed by atoms with Crippen molar-refractivity contribution in [1.82, 2.24) is 4.40 Å². The van der Waals surface area contributed by atoms with Crippen molar-refractivity contribution in [1.29, 1.82) is 0 Å². The van der Waals surface area contributed by atoms with Crippen molar-refractivity contribution in [2.75, 3.05) is 9.80 Å². The van der Waals surface area contributed by atoms with E-state index >= 15 is 0 Å². The largest absolute Gasteiger partial charge is 0.311 e. The van der Waals surface area contributed by atoms with Gasteiger partial charge in [0.15, 0.2) is 0 Å². The fraction of sp³-hybridized carbons (Fsp3) is 0.0182. The molecule has 2 aromatic heterocycles. The molecule has 4 heterocycles. The molecule has 0 fully saturated rings. The van der Waals surface area contributed by atoms with Crippen molar-refractivity contribution in [2.24, 2.45) is 0 Å². The highest BCUT2D eigenvalue weighted by Crippen LogP contribution is 2.61. The van der Waals surface area contributed by atoms with Crippen LogP contribution in [0.4, 0.5) is 34.1 Å². The first kappa shape index (κ1) is 30.6. The minimum absolute atomic E-state index is 0.0201. The summed E-state index contributed by atoms with van der Waals surface area (Å²) in [6.07, 6.45) is 0. The van der Waals surface area contributed by atoms with Crippen LogP contribution < -0.4 is 26.2 Å². The van der Waals surface area contributed by atoms with Crippen LogP contribution in [0.5, 0.6) is 0 Å².